The molecule has 0 spiro atoms. The van der Waals surface area contributed by atoms with E-state index in [4.69, 9.17) is 0 Å². The number of rotatable bonds is 5. The van der Waals surface area contributed by atoms with Crippen molar-refractivity contribution in [3.8, 4) is 0 Å². The molecule has 0 aliphatic rings. The number of aromatic nitrogens is 2. The Kier molecular flexibility index (Phi) is 4.69. The van der Waals surface area contributed by atoms with E-state index in [9.17, 15) is 9.90 Å². The third kappa shape index (κ3) is 3.54. The van der Waals surface area contributed by atoms with Crippen LogP contribution in [-0.4, -0.2) is 14.9 Å². The lowest BCUT2D eigenvalue weighted by molar-refractivity contribution is 0.149. The maximum atomic E-state index is 11.7. The van der Waals surface area contributed by atoms with Gasteiger partial charge in [0, 0.05) is 6.07 Å². The lowest BCUT2D eigenvalue weighted by Gasteiger charge is -2.13. The summed E-state index contributed by atoms with van der Waals surface area (Å²) in [4.78, 5) is 11.7. The summed E-state index contributed by atoms with van der Waals surface area (Å²) in [6.45, 7) is 4.13. The van der Waals surface area contributed by atoms with E-state index in [-0.39, 0.29) is 12.1 Å². The van der Waals surface area contributed by atoms with Crippen LogP contribution >= 0.6 is 0 Å². The molecule has 0 saturated carbocycles. The molecule has 1 unspecified atom stereocenters. The molecule has 1 atom stereocenters. The Balaban J connectivity index is 2.13. The topological polar surface area (TPSA) is 55.1 Å². The van der Waals surface area contributed by atoms with Gasteiger partial charge in [0.1, 0.15) is 0 Å². The van der Waals surface area contributed by atoms with E-state index in [1.54, 1.807) is 6.07 Å². The monoisotopic (exact) mass is 272 g/mol. The van der Waals surface area contributed by atoms with E-state index in [0.29, 0.717) is 0 Å². The van der Waals surface area contributed by atoms with Gasteiger partial charge < -0.3 is 5.11 Å². The van der Waals surface area contributed by atoms with E-state index in [1.165, 1.54) is 16.3 Å². The molecular formula is C16H20N2O2. The molecular weight excluding hydrogens is 252 g/mol. The van der Waals surface area contributed by atoms with Crippen LogP contribution in [0.3, 0.4) is 0 Å². The molecule has 20 heavy (non-hydrogen) atoms. The zero-order chi connectivity index (χ0) is 14.5. The first-order valence-electron chi connectivity index (χ1n) is 6.92. The first kappa shape index (κ1) is 14.5. The van der Waals surface area contributed by atoms with Crippen LogP contribution in [-0.2, 0) is 13.0 Å². The average Bonchev–Trinajstić information content (AvgIpc) is 2.44. The number of aryl methyl sites for hydroxylation is 2. The van der Waals surface area contributed by atoms with E-state index in [1.807, 2.05) is 31.2 Å². The van der Waals surface area contributed by atoms with Crippen molar-refractivity contribution in [3.05, 3.63) is 63.6 Å². The minimum absolute atomic E-state index is 0.174. The Morgan fingerprint density at radius 3 is 2.55 bits per heavy atom. The van der Waals surface area contributed by atoms with E-state index in [0.717, 1.165) is 24.1 Å². The van der Waals surface area contributed by atoms with Crippen LogP contribution in [0.15, 0.2) is 41.2 Å². The van der Waals surface area contributed by atoms with Crippen LogP contribution in [0.4, 0.5) is 0 Å². The maximum Gasteiger partial charge on any atom is 0.266 e. The van der Waals surface area contributed by atoms with Crippen LogP contribution < -0.4 is 5.56 Å². The summed E-state index contributed by atoms with van der Waals surface area (Å²) in [5.41, 5.74) is 2.63. The Bertz CT molecular complexity index is 617. The minimum atomic E-state index is -0.724. The van der Waals surface area contributed by atoms with Crippen molar-refractivity contribution in [2.75, 3.05) is 0 Å². The Labute approximate surface area is 118 Å². The summed E-state index contributed by atoms with van der Waals surface area (Å²) in [7, 11) is 0. The molecule has 0 radical (unpaired) electrons. The third-order valence-corrected chi connectivity index (χ3v) is 3.25. The van der Waals surface area contributed by atoms with Gasteiger partial charge in [-0.3, -0.25) is 4.79 Å². The van der Waals surface area contributed by atoms with E-state index < -0.39 is 6.10 Å². The fourth-order valence-corrected chi connectivity index (χ4v) is 2.15. The van der Waals surface area contributed by atoms with Crippen molar-refractivity contribution in [2.45, 2.75) is 39.3 Å². The number of hydrogen-bond donors (Lipinski definition) is 1. The van der Waals surface area contributed by atoms with Crippen molar-refractivity contribution in [1.29, 1.82) is 0 Å². The quantitative estimate of drug-likeness (QED) is 0.908. The first-order chi connectivity index (χ1) is 9.60. The van der Waals surface area contributed by atoms with Gasteiger partial charge in [0.05, 0.1) is 18.3 Å². The number of benzene rings is 1. The summed E-state index contributed by atoms with van der Waals surface area (Å²) in [6, 6.07) is 11.0. The minimum Gasteiger partial charge on any atom is -0.386 e. The standard InChI is InChI=1S/C16H20N2O2/c1-3-4-13-6-8-14(9-7-13)15(19)11-18-16(20)10-5-12(2)17-18/h5-10,15,19H,3-4,11H2,1-2H3. The summed E-state index contributed by atoms with van der Waals surface area (Å²) >= 11 is 0. The molecule has 0 aliphatic carbocycles. The van der Waals surface area contributed by atoms with E-state index >= 15 is 0 Å². The summed E-state index contributed by atoms with van der Waals surface area (Å²) < 4.78 is 1.31. The number of aliphatic hydroxyl groups is 1. The van der Waals surface area contributed by atoms with Gasteiger partial charge in [-0.15, -0.1) is 0 Å². The second-order valence-electron chi connectivity index (χ2n) is 5.00. The van der Waals surface area contributed by atoms with E-state index in [2.05, 4.69) is 12.0 Å². The molecule has 106 valence electrons. The van der Waals surface area contributed by atoms with Gasteiger partial charge in [-0.1, -0.05) is 37.6 Å². The van der Waals surface area contributed by atoms with Crippen LogP contribution in [0.1, 0.15) is 36.3 Å². The largest absolute Gasteiger partial charge is 0.386 e. The van der Waals surface area contributed by atoms with Crippen LogP contribution in [0.5, 0.6) is 0 Å². The van der Waals surface area contributed by atoms with Crippen LogP contribution in [0.25, 0.3) is 0 Å². The second-order valence-corrected chi connectivity index (χ2v) is 5.00. The molecule has 4 nitrogen and oxygen atoms in total. The molecule has 2 aromatic rings. The predicted octanol–water partition coefficient (Wildman–Crippen LogP) is 2.24. The SMILES string of the molecule is CCCc1ccc(C(O)Cn2nc(C)ccc2=O)cc1. The number of nitrogens with zero attached hydrogens (tertiary/aromatic N) is 2. The summed E-state index contributed by atoms with van der Waals surface area (Å²) in [6.07, 6.45) is 1.41. The first-order valence-corrected chi connectivity index (χ1v) is 6.92. The molecule has 0 fully saturated rings. The van der Waals surface area contributed by atoms with Crippen molar-refractivity contribution in [1.82, 2.24) is 9.78 Å². The fourth-order valence-electron chi connectivity index (χ4n) is 2.15. The molecule has 0 saturated heterocycles. The smallest absolute Gasteiger partial charge is 0.266 e. The lowest BCUT2D eigenvalue weighted by Crippen LogP contribution is -2.25. The molecule has 2 rings (SSSR count). The molecule has 0 amide bonds. The normalized spacial score (nSPS) is 12.3. The highest BCUT2D eigenvalue weighted by Crippen LogP contribution is 2.15. The second kappa shape index (κ2) is 6.48. The van der Waals surface area contributed by atoms with Crippen molar-refractivity contribution >= 4 is 0 Å². The fraction of sp³-hybridized carbons (Fsp3) is 0.375. The molecule has 0 aliphatic heterocycles. The van der Waals surface area contributed by atoms with Gasteiger partial charge in [0.15, 0.2) is 0 Å². The van der Waals surface area contributed by atoms with Crippen molar-refractivity contribution in [2.24, 2.45) is 0 Å². The van der Waals surface area contributed by atoms with Crippen molar-refractivity contribution < 1.29 is 5.11 Å². The lowest BCUT2D eigenvalue weighted by atomic mass is 10.0. The predicted molar refractivity (Wildman–Crippen MR) is 78.6 cm³/mol. The highest BCUT2D eigenvalue weighted by atomic mass is 16.3. The Morgan fingerprint density at radius 1 is 1.20 bits per heavy atom. The zero-order valence-electron chi connectivity index (χ0n) is 11.9. The molecule has 1 aromatic heterocycles. The van der Waals surface area contributed by atoms with Crippen LogP contribution in [0.2, 0.25) is 0 Å². The Hall–Kier alpha value is -1.94. The van der Waals surface area contributed by atoms with Gasteiger partial charge in [-0.25, -0.2) is 4.68 Å². The van der Waals surface area contributed by atoms with Gasteiger partial charge in [-0.05, 0) is 30.5 Å². The van der Waals surface area contributed by atoms with Gasteiger partial charge in [0.2, 0.25) is 0 Å². The molecule has 0 bridgehead atoms. The highest BCUT2D eigenvalue weighted by molar-refractivity contribution is 5.24. The van der Waals surface area contributed by atoms with Crippen molar-refractivity contribution in [3.63, 3.8) is 0 Å². The number of aliphatic hydroxyl groups excluding tert-OH is 1. The summed E-state index contributed by atoms with van der Waals surface area (Å²) in [5, 5.41) is 14.3. The Morgan fingerprint density at radius 2 is 1.90 bits per heavy atom. The van der Waals surface area contributed by atoms with Gasteiger partial charge >= 0.3 is 0 Å². The maximum absolute atomic E-state index is 11.7. The molecule has 1 aromatic carbocycles. The average molecular weight is 272 g/mol. The highest BCUT2D eigenvalue weighted by Gasteiger charge is 2.10. The third-order valence-electron chi connectivity index (χ3n) is 3.25. The zero-order valence-corrected chi connectivity index (χ0v) is 11.9. The number of hydrogen-bond acceptors (Lipinski definition) is 3. The molecule has 1 N–H and O–H groups in total. The molecule has 1 heterocycles. The summed E-state index contributed by atoms with van der Waals surface area (Å²) in [5.74, 6) is 0. The van der Waals surface area contributed by atoms with Gasteiger partial charge in [0.25, 0.3) is 5.56 Å². The molecule has 4 heteroatoms. The van der Waals surface area contributed by atoms with Crippen LogP contribution in [0, 0.1) is 6.92 Å². The van der Waals surface area contributed by atoms with Gasteiger partial charge in [-0.2, -0.15) is 5.10 Å².